The maximum Gasteiger partial charge on any atom is 0.154 e. The Kier molecular flexibility index (Phi) is 3.28. The molecule has 16 heavy (non-hydrogen) atoms. The first kappa shape index (κ1) is 11.6. The van der Waals surface area contributed by atoms with Gasteiger partial charge in [0.1, 0.15) is 0 Å². The first-order valence-corrected chi connectivity index (χ1v) is 7.05. The van der Waals surface area contributed by atoms with E-state index in [1.807, 2.05) is 30.3 Å². The zero-order valence-corrected chi connectivity index (χ0v) is 9.65. The molecule has 88 valence electrons. The minimum absolute atomic E-state index is 0.0288. The summed E-state index contributed by atoms with van der Waals surface area (Å²) in [6.07, 6.45) is -0.784. The molecule has 1 aromatic rings. The van der Waals surface area contributed by atoms with Gasteiger partial charge >= 0.3 is 0 Å². The lowest BCUT2D eigenvalue weighted by Crippen LogP contribution is -2.38. The Bertz CT molecular complexity index is 444. The fraction of sp³-hybridized carbons (Fsp3) is 0.455. The molecule has 1 saturated heterocycles. The summed E-state index contributed by atoms with van der Waals surface area (Å²) < 4.78 is 22.5. The van der Waals surface area contributed by atoms with Crippen LogP contribution in [0.25, 0.3) is 0 Å². The monoisotopic (exact) mass is 241 g/mol. The van der Waals surface area contributed by atoms with Crippen LogP contribution in [-0.4, -0.2) is 37.2 Å². The molecule has 4 nitrogen and oxygen atoms in total. The molecule has 0 spiro atoms. The van der Waals surface area contributed by atoms with E-state index >= 15 is 0 Å². The highest BCUT2D eigenvalue weighted by Gasteiger charge is 2.35. The number of nitrogens with one attached hydrogen (secondary N) is 1. The van der Waals surface area contributed by atoms with Gasteiger partial charge in [0.2, 0.25) is 0 Å². The number of benzene rings is 1. The summed E-state index contributed by atoms with van der Waals surface area (Å²) in [4.78, 5) is 0. The molecule has 1 aliphatic heterocycles. The van der Waals surface area contributed by atoms with Crippen LogP contribution in [0.3, 0.4) is 0 Å². The van der Waals surface area contributed by atoms with Gasteiger partial charge in [0, 0.05) is 12.6 Å². The van der Waals surface area contributed by atoms with Crippen molar-refractivity contribution in [1.82, 2.24) is 5.32 Å². The molecule has 0 unspecified atom stereocenters. The number of hydrogen-bond acceptors (Lipinski definition) is 4. The third kappa shape index (κ3) is 2.81. The maximum atomic E-state index is 11.3. The van der Waals surface area contributed by atoms with E-state index in [0.29, 0.717) is 6.54 Å². The Labute approximate surface area is 95.2 Å². The summed E-state index contributed by atoms with van der Waals surface area (Å²) in [7, 11) is -3.06. The highest BCUT2D eigenvalue weighted by Crippen LogP contribution is 2.13. The van der Waals surface area contributed by atoms with Gasteiger partial charge in [0.15, 0.2) is 9.84 Å². The Hall–Kier alpha value is -0.910. The summed E-state index contributed by atoms with van der Waals surface area (Å²) in [5.41, 5.74) is 1.08. The van der Waals surface area contributed by atoms with E-state index in [9.17, 15) is 13.5 Å². The van der Waals surface area contributed by atoms with Crippen LogP contribution >= 0.6 is 0 Å². The third-order valence-corrected chi connectivity index (χ3v) is 4.45. The largest absolute Gasteiger partial charge is 0.390 e. The molecule has 1 heterocycles. The number of aliphatic hydroxyl groups is 1. The zero-order chi connectivity index (χ0) is 11.6. The fourth-order valence-electron chi connectivity index (χ4n) is 1.87. The van der Waals surface area contributed by atoms with Crippen molar-refractivity contribution in [3.8, 4) is 0 Å². The molecule has 2 rings (SSSR count). The van der Waals surface area contributed by atoms with Crippen LogP contribution < -0.4 is 5.32 Å². The number of hydrogen-bond donors (Lipinski definition) is 2. The molecular weight excluding hydrogens is 226 g/mol. The van der Waals surface area contributed by atoms with Gasteiger partial charge in [0.05, 0.1) is 17.6 Å². The Balaban J connectivity index is 1.92. The SMILES string of the molecule is O=S1(=O)C[C@@H](O)[C@@H](NCc2ccccc2)C1. The highest BCUT2D eigenvalue weighted by atomic mass is 32.2. The smallest absolute Gasteiger partial charge is 0.154 e. The zero-order valence-electron chi connectivity index (χ0n) is 8.83. The van der Waals surface area contributed by atoms with E-state index < -0.39 is 15.9 Å². The first-order valence-electron chi connectivity index (χ1n) is 5.23. The molecule has 0 radical (unpaired) electrons. The van der Waals surface area contributed by atoms with Gasteiger partial charge in [-0.1, -0.05) is 30.3 Å². The Morgan fingerprint density at radius 3 is 2.50 bits per heavy atom. The van der Waals surface area contributed by atoms with Crippen LogP contribution in [0.2, 0.25) is 0 Å². The number of aliphatic hydroxyl groups excluding tert-OH is 1. The van der Waals surface area contributed by atoms with Crippen molar-refractivity contribution in [3.63, 3.8) is 0 Å². The summed E-state index contributed by atoms with van der Waals surface area (Å²) in [6, 6.07) is 9.37. The van der Waals surface area contributed by atoms with Gasteiger partial charge in [-0.05, 0) is 5.56 Å². The molecular formula is C11H15NO3S. The van der Waals surface area contributed by atoms with Crippen LogP contribution in [-0.2, 0) is 16.4 Å². The van der Waals surface area contributed by atoms with Crippen molar-refractivity contribution in [2.75, 3.05) is 11.5 Å². The topological polar surface area (TPSA) is 66.4 Å². The third-order valence-electron chi connectivity index (χ3n) is 2.73. The van der Waals surface area contributed by atoms with Crippen LogP contribution in [0.15, 0.2) is 30.3 Å². The predicted octanol–water partition coefficient (Wildman–Crippen LogP) is -0.0659. The molecule has 1 fully saturated rings. The van der Waals surface area contributed by atoms with Gasteiger partial charge in [0.25, 0.3) is 0 Å². The summed E-state index contributed by atoms with van der Waals surface area (Å²) in [5.74, 6) is -0.0968. The molecule has 1 aliphatic rings. The van der Waals surface area contributed by atoms with Crippen molar-refractivity contribution in [2.24, 2.45) is 0 Å². The lowest BCUT2D eigenvalue weighted by atomic mass is 10.2. The second-order valence-corrected chi connectivity index (χ2v) is 6.27. The van der Waals surface area contributed by atoms with Gasteiger partial charge in [-0.2, -0.15) is 0 Å². The van der Waals surface area contributed by atoms with E-state index in [1.54, 1.807) is 0 Å². The van der Waals surface area contributed by atoms with Crippen molar-refractivity contribution in [2.45, 2.75) is 18.7 Å². The van der Waals surface area contributed by atoms with Crippen LogP contribution in [0.4, 0.5) is 0 Å². The average molecular weight is 241 g/mol. The van der Waals surface area contributed by atoms with E-state index in [2.05, 4.69) is 5.32 Å². The Morgan fingerprint density at radius 1 is 1.25 bits per heavy atom. The predicted molar refractivity (Wildman–Crippen MR) is 61.7 cm³/mol. The molecule has 0 bridgehead atoms. The standard InChI is InChI=1S/C11H15NO3S/c13-11-8-16(14,15)7-10(11)12-6-9-4-2-1-3-5-9/h1-5,10-13H,6-8H2/t10-,11+/m0/s1. The van der Waals surface area contributed by atoms with E-state index in [0.717, 1.165) is 5.56 Å². The summed E-state index contributed by atoms with van der Waals surface area (Å²) >= 11 is 0. The van der Waals surface area contributed by atoms with Gasteiger partial charge in [-0.3, -0.25) is 0 Å². The average Bonchev–Trinajstić information content (AvgIpc) is 2.50. The molecule has 0 aromatic heterocycles. The van der Waals surface area contributed by atoms with Crippen LogP contribution in [0.5, 0.6) is 0 Å². The highest BCUT2D eigenvalue weighted by molar-refractivity contribution is 7.91. The Morgan fingerprint density at radius 2 is 1.94 bits per heavy atom. The minimum Gasteiger partial charge on any atom is -0.390 e. The molecule has 2 N–H and O–H groups in total. The van der Waals surface area contributed by atoms with Gasteiger partial charge in [-0.25, -0.2) is 8.42 Å². The second kappa shape index (κ2) is 4.53. The van der Waals surface area contributed by atoms with Crippen molar-refractivity contribution in [1.29, 1.82) is 0 Å². The van der Waals surface area contributed by atoms with E-state index in [-0.39, 0.29) is 17.5 Å². The van der Waals surface area contributed by atoms with E-state index in [4.69, 9.17) is 0 Å². The molecule has 0 amide bonds. The number of rotatable bonds is 3. The first-order chi connectivity index (χ1) is 7.57. The van der Waals surface area contributed by atoms with Gasteiger partial charge < -0.3 is 10.4 Å². The lowest BCUT2D eigenvalue weighted by Gasteiger charge is -2.14. The summed E-state index contributed by atoms with van der Waals surface area (Å²) in [6.45, 7) is 0.581. The minimum atomic E-state index is -3.06. The van der Waals surface area contributed by atoms with Crippen LogP contribution in [0.1, 0.15) is 5.56 Å². The summed E-state index contributed by atoms with van der Waals surface area (Å²) in [5, 5.41) is 12.6. The van der Waals surface area contributed by atoms with Gasteiger partial charge in [-0.15, -0.1) is 0 Å². The van der Waals surface area contributed by atoms with E-state index in [1.165, 1.54) is 0 Å². The van der Waals surface area contributed by atoms with Crippen LogP contribution in [0, 0.1) is 0 Å². The molecule has 5 heteroatoms. The molecule has 0 aliphatic carbocycles. The quantitative estimate of drug-likeness (QED) is 0.777. The number of sulfone groups is 1. The van der Waals surface area contributed by atoms with Crippen molar-refractivity contribution in [3.05, 3.63) is 35.9 Å². The van der Waals surface area contributed by atoms with Crippen molar-refractivity contribution < 1.29 is 13.5 Å². The molecule has 2 atom stereocenters. The fourth-order valence-corrected chi connectivity index (χ4v) is 3.64. The van der Waals surface area contributed by atoms with Crippen molar-refractivity contribution >= 4 is 9.84 Å². The second-order valence-electron chi connectivity index (χ2n) is 4.12. The molecule has 1 aromatic carbocycles. The normalized spacial score (nSPS) is 28.1. The molecule has 0 saturated carbocycles. The lowest BCUT2D eigenvalue weighted by molar-refractivity contribution is 0.165. The maximum absolute atomic E-state index is 11.3.